The molecule has 0 radical (unpaired) electrons. The zero-order valence-electron chi connectivity index (χ0n) is 7.66. The van der Waals surface area contributed by atoms with Gasteiger partial charge in [0.1, 0.15) is 0 Å². The molecule has 0 spiro atoms. The third kappa shape index (κ3) is 2.20. The molecule has 1 rings (SSSR count). The third-order valence-electron chi connectivity index (χ3n) is 2.59. The number of carbonyl (C=O) groups excluding carboxylic acids is 1. The molecule has 74 valence electrons. The van der Waals surface area contributed by atoms with E-state index in [9.17, 15) is 9.59 Å². The van der Waals surface area contributed by atoms with Gasteiger partial charge in [0.15, 0.2) is 0 Å². The van der Waals surface area contributed by atoms with E-state index in [2.05, 4.69) is 4.74 Å². The lowest BCUT2D eigenvalue weighted by atomic mass is 9.79. The Morgan fingerprint density at radius 3 is 2.23 bits per heavy atom. The van der Waals surface area contributed by atoms with Crippen molar-refractivity contribution in [2.75, 3.05) is 7.11 Å². The molecule has 1 aliphatic rings. The van der Waals surface area contributed by atoms with E-state index in [0.29, 0.717) is 12.8 Å². The summed E-state index contributed by atoms with van der Waals surface area (Å²) in [5, 5.41) is 8.85. The third-order valence-corrected chi connectivity index (χ3v) is 2.59. The predicted molar refractivity (Wildman–Crippen MR) is 45.1 cm³/mol. The number of hydrogen-bond donors (Lipinski definition) is 1. The molecule has 0 bridgehead atoms. The quantitative estimate of drug-likeness (QED) is 0.655. The SMILES string of the molecule is COC(=O)C1CCCC[C@H]1C(=O)O. The maximum atomic E-state index is 11.2. The molecular weight excluding hydrogens is 172 g/mol. The molecule has 0 amide bonds. The predicted octanol–water partition coefficient (Wildman–Crippen LogP) is 1.05. The van der Waals surface area contributed by atoms with Crippen LogP contribution in [0.4, 0.5) is 0 Å². The molecule has 1 fully saturated rings. The van der Waals surface area contributed by atoms with Crippen molar-refractivity contribution >= 4 is 11.9 Å². The van der Waals surface area contributed by atoms with E-state index in [4.69, 9.17) is 5.11 Å². The maximum absolute atomic E-state index is 11.2. The van der Waals surface area contributed by atoms with Gasteiger partial charge >= 0.3 is 11.9 Å². The number of carbonyl (C=O) groups is 2. The van der Waals surface area contributed by atoms with Gasteiger partial charge in [-0.1, -0.05) is 12.8 Å². The Bertz CT molecular complexity index is 212. The van der Waals surface area contributed by atoms with E-state index in [-0.39, 0.29) is 5.97 Å². The normalized spacial score (nSPS) is 28.1. The number of esters is 1. The van der Waals surface area contributed by atoms with Crippen molar-refractivity contribution in [2.24, 2.45) is 11.8 Å². The van der Waals surface area contributed by atoms with Crippen molar-refractivity contribution in [3.63, 3.8) is 0 Å². The topological polar surface area (TPSA) is 63.6 Å². The summed E-state index contributed by atoms with van der Waals surface area (Å²) in [6.45, 7) is 0. The van der Waals surface area contributed by atoms with Crippen molar-refractivity contribution in [3.8, 4) is 0 Å². The van der Waals surface area contributed by atoms with Gasteiger partial charge in [-0.05, 0) is 12.8 Å². The molecule has 4 nitrogen and oxygen atoms in total. The van der Waals surface area contributed by atoms with Crippen LogP contribution >= 0.6 is 0 Å². The molecule has 0 aromatic carbocycles. The first kappa shape index (κ1) is 10.0. The van der Waals surface area contributed by atoms with Gasteiger partial charge in [0, 0.05) is 0 Å². The Kier molecular flexibility index (Phi) is 3.28. The first-order valence-electron chi connectivity index (χ1n) is 4.47. The molecule has 13 heavy (non-hydrogen) atoms. The highest BCUT2D eigenvalue weighted by molar-refractivity contribution is 5.81. The second kappa shape index (κ2) is 4.25. The molecular formula is C9H14O4. The Balaban J connectivity index is 2.67. The highest BCUT2D eigenvalue weighted by Gasteiger charge is 2.36. The van der Waals surface area contributed by atoms with Crippen LogP contribution in [-0.2, 0) is 14.3 Å². The van der Waals surface area contributed by atoms with Gasteiger partial charge in [-0.25, -0.2) is 0 Å². The number of carboxylic acids is 1. The van der Waals surface area contributed by atoms with Crippen LogP contribution in [-0.4, -0.2) is 24.2 Å². The van der Waals surface area contributed by atoms with E-state index in [0.717, 1.165) is 12.8 Å². The maximum Gasteiger partial charge on any atom is 0.309 e. The molecule has 1 N–H and O–H groups in total. The number of ether oxygens (including phenoxy) is 1. The fourth-order valence-corrected chi connectivity index (χ4v) is 1.86. The Morgan fingerprint density at radius 1 is 1.23 bits per heavy atom. The van der Waals surface area contributed by atoms with Crippen LogP contribution in [0.15, 0.2) is 0 Å². The van der Waals surface area contributed by atoms with Gasteiger partial charge in [-0.3, -0.25) is 9.59 Å². The lowest BCUT2D eigenvalue weighted by Gasteiger charge is -2.25. The van der Waals surface area contributed by atoms with Gasteiger partial charge in [-0.15, -0.1) is 0 Å². The molecule has 1 aliphatic carbocycles. The van der Waals surface area contributed by atoms with Crippen LogP contribution in [0.1, 0.15) is 25.7 Å². The van der Waals surface area contributed by atoms with Crippen molar-refractivity contribution in [1.82, 2.24) is 0 Å². The molecule has 0 heterocycles. The highest BCUT2D eigenvalue weighted by atomic mass is 16.5. The van der Waals surface area contributed by atoms with Crippen LogP contribution in [0.2, 0.25) is 0 Å². The summed E-state index contributed by atoms with van der Waals surface area (Å²) in [6, 6.07) is 0. The van der Waals surface area contributed by atoms with Crippen LogP contribution in [0, 0.1) is 11.8 Å². The summed E-state index contributed by atoms with van der Waals surface area (Å²) in [7, 11) is 1.30. The summed E-state index contributed by atoms with van der Waals surface area (Å²) < 4.78 is 4.57. The van der Waals surface area contributed by atoms with E-state index in [1.807, 2.05) is 0 Å². The summed E-state index contributed by atoms with van der Waals surface area (Å²) in [5.74, 6) is -2.24. The Morgan fingerprint density at radius 2 is 1.77 bits per heavy atom. The average Bonchev–Trinajstić information content (AvgIpc) is 2.16. The molecule has 2 atom stereocenters. The van der Waals surface area contributed by atoms with Gasteiger partial charge in [0.2, 0.25) is 0 Å². The Hall–Kier alpha value is -1.06. The molecule has 1 unspecified atom stereocenters. The number of hydrogen-bond acceptors (Lipinski definition) is 3. The summed E-state index contributed by atoms with van der Waals surface area (Å²) >= 11 is 0. The van der Waals surface area contributed by atoms with Crippen LogP contribution in [0.3, 0.4) is 0 Å². The molecule has 0 aliphatic heterocycles. The number of methoxy groups -OCH3 is 1. The molecule has 4 heteroatoms. The van der Waals surface area contributed by atoms with Gasteiger partial charge in [0.05, 0.1) is 18.9 Å². The lowest BCUT2D eigenvalue weighted by Crippen LogP contribution is -2.33. The molecule has 0 aromatic heterocycles. The summed E-state index contributed by atoms with van der Waals surface area (Å²) in [5.41, 5.74) is 0. The first-order chi connectivity index (χ1) is 6.16. The van der Waals surface area contributed by atoms with E-state index in [1.165, 1.54) is 7.11 Å². The smallest absolute Gasteiger partial charge is 0.309 e. The van der Waals surface area contributed by atoms with E-state index in [1.54, 1.807) is 0 Å². The monoisotopic (exact) mass is 186 g/mol. The van der Waals surface area contributed by atoms with Crippen LogP contribution < -0.4 is 0 Å². The van der Waals surface area contributed by atoms with Crippen molar-refractivity contribution in [2.45, 2.75) is 25.7 Å². The second-order valence-corrected chi connectivity index (χ2v) is 3.36. The zero-order chi connectivity index (χ0) is 9.84. The standard InChI is InChI=1S/C9H14O4/c1-13-9(12)7-5-3-2-4-6(7)8(10)11/h6-7H,2-5H2,1H3,(H,10,11)/t6-,7?/m1/s1. The van der Waals surface area contributed by atoms with Gasteiger partial charge < -0.3 is 9.84 Å². The second-order valence-electron chi connectivity index (χ2n) is 3.36. The Labute approximate surface area is 76.9 Å². The minimum absolute atomic E-state index is 0.382. The molecule has 1 saturated carbocycles. The van der Waals surface area contributed by atoms with E-state index < -0.39 is 17.8 Å². The summed E-state index contributed by atoms with van der Waals surface area (Å²) in [6.07, 6.45) is 3.05. The number of carboxylic acid groups (broad SMARTS) is 1. The molecule has 0 aromatic rings. The van der Waals surface area contributed by atoms with Crippen LogP contribution in [0.5, 0.6) is 0 Å². The van der Waals surface area contributed by atoms with Crippen LogP contribution in [0.25, 0.3) is 0 Å². The van der Waals surface area contributed by atoms with E-state index >= 15 is 0 Å². The fraction of sp³-hybridized carbons (Fsp3) is 0.778. The van der Waals surface area contributed by atoms with Crippen molar-refractivity contribution in [3.05, 3.63) is 0 Å². The average molecular weight is 186 g/mol. The minimum atomic E-state index is -0.880. The summed E-state index contributed by atoms with van der Waals surface area (Å²) in [4.78, 5) is 22.0. The number of aliphatic carboxylic acids is 1. The highest BCUT2D eigenvalue weighted by Crippen LogP contribution is 2.30. The van der Waals surface area contributed by atoms with Crippen molar-refractivity contribution < 1.29 is 19.4 Å². The first-order valence-corrected chi connectivity index (χ1v) is 4.47. The zero-order valence-corrected chi connectivity index (χ0v) is 7.66. The number of rotatable bonds is 2. The van der Waals surface area contributed by atoms with Gasteiger partial charge in [-0.2, -0.15) is 0 Å². The molecule has 0 saturated heterocycles. The van der Waals surface area contributed by atoms with Gasteiger partial charge in [0.25, 0.3) is 0 Å². The van der Waals surface area contributed by atoms with Crippen molar-refractivity contribution in [1.29, 1.82) is 0 Å². The largest absolute Gasteiger partial charge is 0.481 e. The fourth-order valence-electron chi connectivity index (χ4n) is 1.86. The lowest BCUT2D eigenvalue weighted by molar-refractivity contribution is -0.157. The minimum Gasteiger partial charge on any atom is -0.481 e.